The number of rotatable bonds is 2. The molecule has 1 unspecified atom stereocenters. The Morgan fingerprint density at radius 2 is 1.90 bits per heavy atom. The maximum absolute atomic E-state index is 14.0. The number of amidine groups is 1. The van der Waals surface area contributed by atoms with Gasteiger partial charge in [0.15, 0.2) is 11.5 Å². The van der Waals surface area contributed by atoms with Crippen LogP contribution in [0.25, 0.3) is 5.41 Å². The van der Waals surface area contributed by atoms with E-state index in [0.29, 0.717) is 29.2 Å². The lowest BCUT2D eigenvalue weighted by molar-refractivity contribution is -0.121. The lowest BCUT2D eigenvalue weighted by Gasteiger charge is -2.40. The van der Waals surface area contributed by atoms with Crippen LogP contribution < -0.4 is 19.7 Å². The second-order valence-electron chi connectivity index (χ2n) is 7.78. The van der Waals surface area contributed by atoms with Crippen LogP contribution in [0, 0.1) is 6.92 Å². The number of furan rings is 1. The summed E-state index contributed by atoms with van der Waals surface area (Å²) >= 11 is 0. The van der Waals surface area contributed by atoms with Crippen LogP contribution in [0.3, 0.4) is 0 Å². The standard InChI is InChI=1S/C23H18N3O4/c1-13-6-7-14(30-13)10-26-18-5-3-2-4-16(18)23(22(26)27)11-25-21(24)15-8-19-20(9-17(15)23)29-12-28-19/h2-9H,10-12H2,1H3,(H-,24,25)/q-1. The molecule has 0 fully saturated rings. The minimum absolute atomic E-state index is 0.0271. The number of anilines is 1. The zero-order valence-electron chi connectivity index (χ0n) is 16.3. The van der Waals surface area contributed by atoms with Gasteiger partial charge in [-0.05, 0) is 60.5 Å². The van der Waals surface area contributed by atoms with Crippen molar-refractivity contribution in [2.45, 2.75) is 18.9 Å². The Morgan fingerprint density at radius 3 is 2.70 bits per heavy atom. The van der Waals surface area contributed by atoms with E-state index in [9.17, 15) is 10.2 Å². The average molecular weight is 400 g/mol. The molecular formula is C23H18N3O4-. The second-order valence-corrected chi connectivity index (χ2v) is 7.78. The van der Waals surface area contributed by atoms with E-state index in [0.717, 1.165) is 22.8 Å². The van der Waals surface area contributed by atoms with E-state index in [1.807, 2.05) is 49.4 Å². The van der Waals surface area contributed by atoms with Crippen LogP contribution >= 0.6 is 0 Å². The van der Waals surface area contributed by atoms with E-state index < -0.39 is 5.41 Å². The van der Waals surface area contributed by atoms with Gasteiger partial charge in [-0.15, -0.1) is 0 Å². The number of hydrogen-bond donors (Lipinski definition) is 1. The number of para-hydroxylation sites is 1. The molecule has 0 saturated heterocycles. The summed E-state index contributed by atoms with van der Waals surface area (Å²) in [6, 6.07) is 15.1. The summed E-state index contributed by atoms with van der Waals surface area (Å²) in [6.07, 6.45) is 0. The molecule has 3 aromatic rings. The molecule has 1 N–H and O–H groups in total. The van der Waals surface area contributed by atoms with Gasteiger partial charge in [0, 0.05) is 5.69 Å². The Kier molecular flexibility index (Phi) is 3.36. The lowest BCUT2D eigenvalue weighted by atomic mass is 9.71. The van der Waals surface area contributed by atoms with Crippen LogP contribution in [0.15, 0.2) is 52.9 Å². The fraction of sp³-hybridized carbons (Fsp3) is 0.217. The lowest BCUT2D eigenvalue weighted by Crippen LogP contribution is -2.53. The Hall–Kier alpha value is -3.74. The number of carbonyl (C=O) groups is 1. The predicted octanol–water partition coefficient (Wildman–Crippen LogP) is 3.07. The van der Waals surface area contributed by atoms with E-state index in [2.05, 4.69) is 5.32 Å². The fourth-order valence-corrected chi connectivity index (χ4v) is 4.74. The van der Waals surface area contributed by atoms with E-state index in [4.69, 9.17) is 13.9 Å². The minimum Gasteiger partial charge on any atom is -0.479 e. The highest BCUT2D eigenvalue weighted by Gasteiger charge is 2.53. The average Bonchev–Trinajstić information content (AvgIpc) is 3.44. The van der Waals surface area contributed by atoms with Crippen molar-refractivity contribution in [3.8, 4) is 11.5 Å². The molecule has 2 aromatic carbocycles. The molecular weight excluding hydrogens is 382 g/mol. The van der Waals surface area contributed by atoms with Gasteiger partial charge < -0.3 is 29.5 Å². The third-order valence-corrected chi connectivity index (χ3v) is 6.12. The summed E-state index contributed by atoms with van der Waals surface area (Å²) in [5.41, 5.74) is 1.99. The van der Waals surface area contributed by atoms with Crippen molar-refractivity contribution in [2.24, 2.45) is 0 Å². The molecule has 0 radical (unpaired) electrons. The Labute approximate surface area is 172 Å². The molecule has 4 heterocycles. The molecule has 3 aliphatic heterocycles. The monoisotopic (exact) mass is 400 g/mol. The first-order valence-electron chi connectivity index (χ1n) is 9.79. The van der Waals surface area contributed by atoms with E-state index in [-0.39, 0.29) is 25.1 Å². The van der Waals surface area contributed by atoms with Crippen molar-refractivity contribution in [3.63, 3.8) is 0 Å². The Morgan fingerprint density at radius 1 is 1.10 bits per heavy atom. The molecule has 0 saturated carbocycles. The van der Waals surface area contributed by atoms with Crippen LogP contribution in [0.4, 0.5) is 5.69 Å². The van der Waals surface area contributed by atoms with Crippen LogP contribution in [0.5, 0.6) is 11.5 Å². The highest BCUT2D eigenvalue weighted by molar-refractivity contribution is 6.15. The number of benzene rings is 2. The number of carbonyl (C=O) groups excluding carboxylic acids is 1. The molecule has 6 rings (SSSR count). The molecule has 0 bridgehead atoms. The molecule has 3 aliphatic rings. The summed E-state index contributed by atoms with van der Waals surface area (Å²) in [6.45, 7) is 2.58. The minimum atomic E-state index is -0.985. The molecule has 150 valence electrons. The number of amides is 1. The van der Waals surface area contributed by atoms with Gasteiger partial charge in [0.1, 0.15) is 16.9 Å². The van der Waals surface area contributed by atoms with Crippen molar-refractivity contribution in [1.82, 2.24) is 5.32 Å². The highest BCUT2D eigenvalue weighted by atomic mass is 16.7. The molecule has 1 atom stereocenters. The first-order chi connectivity index (χ1) is 14.6. The SMILES string of the molecule is Cc1ccc(CN2C(=O)C3(CNC(=[N-])c4cc5c(cc43)OCO5)c3ccccc32)o1. The summed E-state index contributed by atoms with van der Waals surface area (Å²) < 4.78 is 16.8. The molecule has 1 spiro atoms. The third kappa shape index (κ3) is 2.14. The second kappa shape index (κ2) is 5.89. The van der Waals surface area contributed by atoms with Gasteiger partial charge in [-0.3, -0.25) is 4.79 Å². The van der Waals surface area contributed by atoms with Gasteiger partial charge in [-0.25, -0.2) is 0 Å². The number of fused-ring (bicyclic) bond motifs is 5. The molecule has 1 amide bonds. The van der Waals surface area contributed by atoms with Crippen LogP contribution in [0.1, 0.15) is 28.2 Å². The molecule has 7 nitrogen and oxygen atoms in total. The maximum Gasteiger partial charge on any atom is 0.242 e. The van der Waals surface area contributed by atoms with E-state index >= 15 is 0 Å². The van der Waals surface area contributed by atoms with Crippen molar-refractivity contribution in [3.05, 3.63) is 82.2 Å². The van der Waals surface area contributed by atoms with Gasteiger partial charge in [0.2, 0.25) is 12.7 Å². The number of ether oxygens (including phenoxy) is 2. The van der Waals surface area contributed by atoms with Crippen molar-refractivity contribution in [2.75, 3.05) is 18.2 Å². The van der Waals surface area contributed by atoms with Crippen LogP contribution in [-0.4, -0.2) is 25.1 Å². The molecule has 0 aliphatic carbocycles. The molecule has 1 aromatic heterocycles. The van der Waals surface area contributed by atoms with Crippen LogP contribution in [-0.2, 0) is 16.8 Å². The van der Waals surface area contributed by atoms with Crippen molar-refractivity contribution < 1.29 is 18.7 Å². The number of nitrogens with one attached hydrogen (secondary N) is 1. The smallest absolute Gasteiger partial charge is 0.242 e. The summed E-state index contributed by atoms with van der Waals surface area (Å²) in [7, 11) is 0. The van der Waals surface area contributed by atoms with Crippen molar-refractivity contribution >= 4 is 17.4 Å². The summed E-state index contributed by atoms with van der Waals surface area (Å²) in [5, 5.41) is 13.6. The van der Waals surface area contributed by atoms with Gasteiger partial charge >= 0.3 is 0 Å². The highest BCUT2D eigenvalue weighted by Crippen LogP contribution is 2.51. The largest absolute Gasteiger partial charge is 0.479 e. The van der Waals surface area contributed by atoms with Gasteiger partial charge in [-0.2, -0.15) is 0 Å². The zero-order chi connectivity index (χ0) is 20.5. The van der Waals surface area contributed by atoms with E-state index in [1.54, 1.807) is 11.0 Å². The normalized spacial score (nSPS) is 21.0. The first kappa shape index (κ1) is 17.1. The van der Waals surface area contributed by atoms with Gasteiger partial charge in [-0.1, -0.05) is 24.0 Å². The van der Waals surface area contributed by atoms with Crippen molar-refractivity contribution in [1.29, 1.82) is 0 Å². The van der Waals surface area contributed by atoms with E-state index in [1.165, 1.54) is 0 Å². The molecule has 7 heteroatoms. The maximum atomic E-state index is 14.0. The molecule has 30 heavy (non-hydrogen) atoms. The zero-order valence-corrected chi connectivity index (χ0v) is 16.3. The summed E-state index contributed by atoms with van der Waals surface area (Å²) in [5.74, 6) is 2.61. The summed E-state index contributed by atoms with van der Waals surface area (Å²) in [4.78, 5) is 15.8. The fourth-order valence-electron chi connectivity index (χ4n) is 4.74. The Bertz CT molecular complexity index is 1230. The number of aryl methyl sites for hydroxylation is 1. The van der Waals surface area contributed by atoms with Gasteiger partial charge in [0.25, 0.3) is 0 Å². The number of nitrogens with zero attached hydrogens (tertiary/aromatic N) is 2. The predicted molar refractivity (Wildman–Crippen MR) is 110 cm³/mol. The Balaban J connectivity index is 1.55. The number of hydrogen-bond acceptors (Lipinski definition) is 4. The van der Waals surface area contributed by atoms with Gasteiger partial charge in [0.05, 0.1) is 6.54 Å². The first-order valence-corrected chi connectivity index (χ1v) is 9.79. The topological polar surface area (TPSA) is 86.2 Å². The van der Waals surface area contributed by atoms with Crippen LogP contribution in [0.2, 0.25) is 0 Å². The quantitative estimate of drug-likeness (QED) is 0.715. The third-order valence-electron chi connectivity index (χ3n) is 6.12.